The van der Waals surface area contributed by atoms with Gasteiger partial charge in [0, 0.05) is 30.6 Å². The lowest BCUT2D eigenvalue weighted by Gasteiger charge is -2.34. The third kappa shape index (κ3) is 2.49. The summed E-state index contributed by atoms with van der Waals surface area (Å²) in [5, 5.41) is 0. The van der Waals surface area contributed by atoms with Crippen LogP contribution in [0.1, 0.15) is 30.6 Å². The molecule has 1 aromatic heterocycles. The van der Waals surface area contributed by atoms with Crippen LogP contribution in [0, 0.1) is 0 Å². The fraction of sp³-hybridized carbons (Fsp3) is 0.615. The SMILES string of the molecule is O=C1C2CCCCN2C(=O)CCN1Cc1cncs1. The Kier molecular flexibility index (Phi) is 3.50. The quantitative estimate of drug-likeness (QED) is 0.819. The average molecular weight is 279 g/mol. The summed E-state index contributed by atoms with van der Waals surface area (Å²) in [5.41, 5.74) is 1.77. The van der Waals surface area contributed by atoms with Gasteiger partial charge in [-0.2, -0.15) is 0 Å². The Hall–Kier alpha value is -1.43. The van der Waals surface area contributed by atoms with E-state index in [0.717, 1.165) is 30.7 Å². The van der Waals surface area contributed by atoms with Crippen molar-refractivity contribution < 1.29 is 9.59 Å². The van der Waals surface area contributed by atoms with E-state index >= 15 is 0 Å². The molecule has 0 spiro atoms. The first-order valence-corrected chi connectivity index (χ1v) is 7.59. The highest BCUT2D eigenvalue weighted by molar-refractivity contribution is 7.09. The Morgan fingerprint density at radius 1 is 1.32 bits per heavy atom. The molecular formula is C13H17N3O2S. The first-order chi connectivity index (χ1) is 9.25. The standard InChI is InChI=1S/C13H17N3O2S/c17-12-4-6-15(8-10-7-14-9-19-10)13(18)11-3-1-2-5-16(11)12/h7,9,11H,1-6,8H2. The number of amides is 2. The highest BCUT2D eigenvalue weighted by Crippen LogP contribution is 2.24. The number of nitrogens with zero attached hydrogens (tertiary/aromatic N) is 3. The van der Waals surface area contributed by atoms with E-state index in [1.54, 1.807) is 27.9 Å². The van der Waals surface area contributed by atoms with Gasteiger partial charge < -0.3 is 9.80 Å². The van der Waals surface area contributed by atoms with Gasteiger partial charge in [0.05, 0.1) is 12.1 Å². The van der Waals surface area contributed by atoms with Gasteiger partial charge in [-0.05, 0) is 19.3 Å². The van der Waals surface area contributed by atoms with Gasteiger partial charge in [-0.1, -0.05) is 0 Å². The monoisotopic (exact) mass is 279 g/mol. The molecule has 0 N–H and O–H groups in total. The molecule has 2 aliphatic rings. The number of hydrogen-bond donors (Lipinski definition) is 0. The van der Waals surface area contributed by atoms with Crippen LogP contribution in [-0.4, -0.2) is 45.7 Å². The van der Waals surface area contributed by atoms with Crippen molar-refractivity contribution in [3.8, 4) is 0 Å². The molecule has 19 heavy (non-hydrogen) atoms. The molecule has 2 fully saturated rings. The number of carbonyl (C=O) groups is 2. The van der Waals surface area contributed by atoms with Crippen molar-refractivity contribution >= 4 is 23.2 Å². The van der Waals surface area contributed by atoms with E-state index in [9.17, 15) is 9.59 Å². The summed E-state index contributed by atoms with van der Waals surface area (Å²) in [7, 11) is 0. The number of rotatable bonds is 2. The van der Waals surface area contributed by atoms with Crippen molar-refractivity contribution in [1.82, 2.24) is 14.8 Å². The van der Waals surface area contributed by atoms with Gasteiger partial charge in [0.2, 0.25) is 11.8 Å². The van der Waals surface area contributed by atoms with Crippen LogP contribution in [0.5, 0.6) is 0 Å². The van der Waals surface area contributed by atoms with Crippen molar-refractivity contribution in [3.05, 3.63) is 16.6 Å². The molecule has 0 radical (unpaired) electrons. The van der Waals surface area contributed by atoms with Crippen LogP contribution in [-0.2, 0) is 16.1 Å². The van der Waals surface area contributed by atoms with Gasteiger partial charge >= 0.3 is 0 Å². The minimum atomic E-state index is -0.225. The van der Waals surface area contributed by atoms with E-state index in [4.69, 9.17) is 0 Å². The molecule has 3 rings (SSSR count). The summed E-state index contributed by atoms with van der Waals surface area (Å²) < 4.78 is 0. The zero-order chi connectivity index (χ0) is 13.2. The molecule has 0 aliphatic carbocycles. The fourth-order valence-corrected chi connectivity index (χ4v) is 3.46. The lowest BCUT2D eigenvalue weighted by Crippen LogP contribution is -2.49. The van der Waals surface area contributed by atoms with Crippen LogP contribution < -0.4 is 0 Å². The smallest absolute Gasteiger partial charge is 0.245 e. The minimum absolute atomic E-state index is 0.110. The maximum Gasteiger partial charge on any atom is 0.245 e. The van der Waals surface area contributed by atoms with Crippen molar-refractivity contribution in [1.29, 1.82) is 0 Å². The van der Waals surface area contributed by atoms with Gasteiger partial charge in [-0.15, -0.1) is 11.3 Å². The first-order valence-electron chi connectivity index (χ1n) is 6.71. The summed E-state index contributed by atoms with van der Waals surface area (Å²) in [6.07, 6.45) is 5.10. The third-order valence-electron chi connectivity index (χ3n) is 3.85. The molecule has 2 saturated heterocycles. The van der Waals surface area contributed by atoms with E-state index in [1.165, 1.54) is 0 Å². The minimum Gasteiger partial charge on any atom is -0.335 e. The summed E-state index contributed by atoms with van der Waals surface area (Å²) in [6, 6.07) is -0.225. The van der Waals surface area contributed by atoms with Gasteiger partial charge in [-0.25, -0.2) is 0 Å². The van der Waals surface area contributed by atoms with Crippen LogP contribution in [0.4, 0.5) is 0 Å². The topological polar surface area (TPSA) is 53.5 Å². The number of fused-ring (bicyclic) bond motifs is 1. The van der Waals surface area contributed by atoms with Crippen molar-refractivity contribution in [2.45, 2.75) is 38.3 Å². The third-order valence-corrected chi connectivity index (χ3v) is 4.61. The summed E-state index contributed by atoms with van der Waals surface area (Å²) >= 11 is 1.55. The Labute approximate surface area is 116 Å². The van der Waals surface area contributed by atoms with E-state index < -0.39 is 0 Å². The zero-order valence-corrected chi connectivity index (χ0v) is 11.6. The first kappa shape index (κ1) is 12.6. The van der Waals surface area contributed by atoms with E-state index in [-0.39, 0.29) is 17.9 Å². The molecule has 0 aromatic carbocycles. The number of carbonyl (C=O) groups excluding carboxylic acids is 2. The molecule has 102 valence electrons. The summed E-state index contributed by atoms with van der Waals surface area (Å²) in [5.74, 6) is 0.240. The maximum absolute atomic E-state index is 12.6. The second-order valence-corrected chi connectivity index (χ2v) is 6.05. The van der Waals surface area contributed by atoms with Crippen molar-refractivity contribution in [2.24, 2.45) is 0 Å². The molecule has 1 aromatic rings. The molecule has 1 atom stereocenters. The van der Waals surface area contributed by atoms with Crippen LogP contribution in [0.3, 0.4) is 0 Å². The maximum atomic E-state index is 12.6. The van der Waals surface area contributed by atoms with E-state index in [1.807, 2.05) is 4.90 Å². The van der Waals surface area contributed by atoms with Crippen LogP contribution in [0.2, 0.25) is 0 Å². The van der Waals surface area contributed by atoms with E-state index in [2.05, 4.69) is 4.98 Å². The number of thiazole rings is 1. The molecular weight excluding hydrogens is 262 g/mol. The second-order valence-electron chi connectivity index (χ2n) is 5.08. The normalized spacial score (nSPS) is 24.3. The number of aromatic nitrogens is 1. The summed E-state index contributed by atoms with van der Waals surface area (Å²) in [6.45, 7) is 1.85. The summed E-state index contributed by atoms with van der Waals surface area (Å²) in [4.78, 5) is 33.4. The molecule has 0 saturated carbocycles. The molecule has 6 heteroatoms. The molecule has 5 nitrogen and oxygen atoms in total. The van der Waals surface area contributed by atoms with Gasteiger partial charge in [0.25, 0.3) is 0 Å². The molecule has 2 aliphatic heterocycles. The Bertz CT molecular complexity index is 474. The molecule has 2 amide bonds. The lowest BCUT2D eigenvalue weighted by molar-refractivity contribution is -0.143. The van der Waals surface area contributed by atoms with Gasteiger partial charge in [-0.3, -0.25) is 14.6 Å². The average Bonchev–Trinajstić information content (AvgIpc) is 2.91. The lowest BCUT2D eigenvalue weighted by atomic mass is 10.0. The van der Waals surface area contributed by atoms with Gasteiger partial charge in [0.15, 0.2) is 0 Å². The van der Waals surface area contributed by atoms with Crippen LogP contribution in [0.15, 0.2) is 11.7 Å². The van der Waals surface area contributed by atoms with Crippen molar-refractivity contribution in [2.75, 3.05) is 13.1 Å². The Balaban J connectivity index is 1.78. The number of hydrogen-bond acceptors (Lipinski definition) is 4. The van der Waals surface area contributed by atoms with Gasteiger partial charge in [0.1, 0.15) is 6.04 Å². The largest absolute Gasteiger partial charge is 0.335 e. The molecule has 3 heterocycles. The zero-order valence-electron chi connectivity index (χ0n) is 10.7. The predicted molar refractivity (Wildman–Crippen MR) is 71.5 cm³/mol. The Morgan fingerprint density at radius 2 is 2.21 bits per heavy atom. The van der Waals surface area contributed by atoms with Crippen LogP contribution >= 0.6 is 11.3 Å². The van der Waals surface area contributed by atoms with Crippen molar-refractivity contribution in [3.63, 3.8) is 0 Å². The predicted octanol–water partition coefficient (Wildman–Crippen LogP) is 1.26. The van der Waals surface area contributed by atoms with Crippen LogP contribution in [0.25, 0.3) is 0 Å². The Morgan fingerprint density at radius 3 is 3.00 bits per heavy atom. The molecule has 0 bridgehead atoms. The molecule has 1 unspecified atom stereocenters. The highest BCUT2D eigenvalue weighted by Gasteiger charge is 2.37. The highest BCUT2D eigenvalue weighted by atomic mass is 32.1. The second kappa shape index (κ2) is 5.28. The fourth-order valence-electron chi connectivity index (χ4n) is 2.85. The van der Waals surface area contributed by atoms with E-state index in [0.29, 0.717) is 19.5 Å². The number of piperidine rings is 1.